The van der Waals surface area contributed by atoms with Crippen LogP contribution in [0.2, 0.25) is 0 Å². The molecule has 9 nitrogen and oxygen atoms in total. The Labute approximate surface area is 157 Å². The van der Waals surface area contributed by atoms with Crippen LogP contribution in [-0.2, 0) is 19.2 Å². The first kappa shape index (κ1) is 21.9. The number of amides is 3. The lowest BCUT2D eigenvalue weighted by Crippen LogP contribution is -2.34. The SMILES string of the molecule is O=C(O)CCNC(=O)ONC(=O)CCCCCCC(=O)Nc1ccccc1. The largest absolute Gasteiger partial charge is 0.481 e. The fourth-order valence-corrected chi connectivity index (χ4v) is 2.13. The van der Waals surface area contributed by atoms with Crippen molar-refractivity contribution in [3.05, 3.63) is 30.3 Å². The average molecular weight is 379 g/mol. The highest BCUT2D eigenvalue weighted by molar-refractivity contribution is 5.90. The van der Waals surface area contributed by atoms with E-state index in [1.807, 2.05) is 35.8 Å². The summed E-state index contributed by atoms with van der Waals surface area (Å²) in [7, 11) is 0. The maximum atomic E-state index is 11.8. The molecule has 1 aromatic carbocycles. The highest BCUT2D eigenvalue weighted by atomic mass is 16.7. The molecule has 0 spiro atoms. The van der Waals surface area contributed by atoms with E-state index in [9.17, 15) is 19.2 Å². The Balaban J connectivity index is 1.98. The minimum atomic E-state index is -1.04. The van der Waals surface area contributed by atoms with Crippen LogP contribution in [0.3, 0.4) is 0 Å². The summed E-state index contributed by atoms with van der Waals surface area (Å²) in [5.74, 6) is -1.52. The summed E-state index contributed by atoms with van der Waals surface area (Å²) < 4.78 is 0. The van der Waals surface area contributed by atoms with Gasteiger partial charge < -0.3 is 20.6 Å². The number of carbonyl (C=O) groups is 4. The van der Waals surface area contributed by atoms with Gasteiger partial charge in [0.15, 0.2) is 0 Å². The fourth-order valence-electron chi connectivity index (χ4n) is 2.13. The van der Waals surface area contributed by atoms with Crippen molar-refractivity contribution in [2.75, 3.05) is 11.9 Å². The second kappa shape index (κ2) is 13.2. The summed E-state index contributed by atoms with van der Waals surface area (Å²) >= 11 is 0. The number of aliphatic carboxylic acids is 1. The smallest absolute Gasteiger partial charge is 0.431 e. The van der Waals surface area contributed by atoms with Gasteiger partial charge in [-0.15, -0.1) is 0 Å². The normalized spacial score (nSPS) is 9.93. The zero-order chi connectivity index (χ0) is 19.9. The van der Waals surface area contributed by atoms with E-state index in [-0.39, 0.29) is 25.3 Å². The third-order valence-electron chi connectivity index (χ3n) is 3.48. The van der Waals surface area contributed by atoms with Crippen LogP contribution in [-0.4, -0.2) is 35.5 Å². The Bertz CT molecular complexity index is 621. The summed E-state index contributed by atoms with van der Waals surface area (Å²) in [5, 5.41) is 13.4. The first-order valence-corrected chi connectivity index (χ1v) is 8.77. The van der Waals surface area contributed by atoms with E-state index in [0.717, 1.165) is 24.9 Å². The van der Waals surface area contributed by atoms with Gasteiger partial charge in [0.2, 0.25) is 5.91 Å². The van der Waals surface area contributed by atoms with Crippen molar-refractivity contribution < 1.29 is 29.1 Å². The number of hydrogen-bond donors (Lipinski definition) is 4. The van der Waals surface area contributed by atoms with Crippen LogP contribution in [0.5, 0.6) is 0 Å². The van der Waals surface area contributed by atoms with Gasteiger partial charge in [-0.3, -0.25) is 14.4 Å². The number of carboxylic acid groups (broad SMARTS) is 1. The molecule has 3 amide bonds. The number of para-hydroxylation sites is 1. The van der Waals surface area contributed by atoms with E-state index in [0.29, 0.717) is 12.8 Å². The lowest BCUT2D eigenvalue weighted by Gasteiger charge is -2.07. The molecule has 0 atom stereocenters. The van der Waals surface area contributed by atoms with Crippen LogP contribution in [0.15, 0.2) is 30.3 Å². The Hall–Kier alpha value is -3.10. The van der Waals surface area contributed by atoms with Crippen LogP contribution >= 0.6 is 0 Å². The van der Waals surface area contributed by atoms with Crippen LogP contribution in [0.1, 0.15) is 44.9 Å². The van der Waals surface area contributed by atoms with Crippen molar-refractivity contribution >= 4 is 29.6 Å². The van der Waals surface area contributed by atoms with Crippen molar-refractivity contribution in [2.24, 2.45) is 0 Å². The molecule has 4 N–H and O–H groups in total. The van der Waals surface area contributed by atoms with Crippen LogP contribution in [0, 0.1) is 0 Å². The monoisotopic (exact) mass is 379 g/mol. The van der Waals surface area contributed by atoms with Gasteiger partial charge in [0.05, 0.1) is 6.42 Å². The molecule has 0 aliphatic carbocycles. The van der Waals surface area contributed by atoms with Crippen molar-refractivity contribution in [3.8, 4) is 0 Å². The molecule has 9 heteroatoms. The second-order valence-electron chi connectivity index (χ2n) is 5.81. The quantitative estimate of drug-likeness (QED) is 0.344. The second-order valence-corrected chi connectivity index (χ2v) is 5.81. The Morgan fingerprint density at radius 3 is 2.11 bits per heavy atom. The Kier molecular flexibility index (Phi) is 10.7. The number of anilines is 1. The first-order valence-electron chi connectivity index (χ1n) is 8.77. The van der Waals surface area contributed by atoms with Crippen molar-refractivity contribution in [1.29, 1.82) is 0 Å². The molecule has 0 heterocycles. The van der Waals surface area contributed by atoms with Crippen LogP contribution in [0.25, 0.3) is 0 Å². The average Bonchev–Trinajstić information content (AvgIpc) is 2.63. The van der Waals surface area contributed by atoms with Gasteiger partial charge in [0, 0.05) is 25.1 Å². The summed E-state index contributed by atoms with van der Waals surface area (Å²) in [6.07, 6.45) is 2.39. The van der Waals surface area contributed by atoms with Crippen molar-refractivity contribution in [2.45, 2.75) is 44.9 Å². The highest BCUT2D eigenvalue weighted by Crippen LogP contribution is 2.09. The molecular weight excluding hydrogens is 354 g/mol. The van der Waals surface area contributed by atoms with Gasteiger partial charge in [0.25, 0.3) is 5.91 Å². The molecule has 0 aromatic heterocycles. The molecule has 0 aliphatic rings. The van der Waals surface area contributed by atoms with E-state index in [2.05, 4.69) is 15.5 Å². The van der Waals surface area contributed by atoms with Crippen molar-refractivity contribution in [1.82, 2.24) is 10.8 Å². The molecular formula is C18H25N3O6. The van der Waals surface area contributed by atoms with E-state index in [1.54, 1.807) is 0 Å². The Morgan fingerprint density at radius 1 is 0.852 bits per heavy atom. The maximum absolute atomic E-state index is 11.8. The first-order chi connectivity index (χ1) is 13.0. The van der Waals surface area contributed by atoms with Gasteiger partial charge in [-0.1, -0.05) is 31.0 Å². The molecule has 0 unspecified atom stereocenters. The number of carbonyl (C=O) groups excluding carboxylic acids is 3. The zero-order valence-corrected chi connectivity index (χ0v) is 15.0. The molecule has 148 valence electrons. The number of hydroxylamine groups is 1. The molecule has 27 heavy (non-hydrogen) atoms. The van der Waals surface area contributed by atoms with Gasteiger partial charge in [-0.25, -0.2) is 4.79 Å². The van der Waals surface area contributed by atoms with E-state index < -0.39 is 18.0 Å². The molecule has 0 saturated carbocycles. The molecule has 0 radical (unpaired) electrons. The molecule has 1 aromatic rings. The van der Waals surface area contributed by atoms with Gasteiger partial charge in [-0.05, 0) is 25.0 Å². The zero-order valence-electron chi connectivity index (χ0n) is 15.0. The number of benzene rings is 1. The molecule has 0 aliphatic heterocycles. The molecule has 0 bridgehead atoms. The lowest BCUT2D eigenvalue weighted by atomic mass is 10.1. The van der Waals surface area contributed by atoms with Crippen LogP contribution < -0.4 is 16.1 Å². The maximum Gasteiger partial charge on any atom is 0.431 e. The summed E-state index contributed by atoms with van der Waals surface area (Å²) in [4.78, 5) is 49.1. The number of hydrogen-bond acceptors (Lipinski definition) is 5. The van der Waals surface area contributed by atoms with Crippen molar-refractivity contribution in [3.63, 3.8) is 0 Å². The summed E-state index contributed by atoms with van der Waals surface area (Å²) in [5.41, 5.74) is 2.76. The predicted octanol–water partition coefficient (Wildman–Crippen LogP) is 2.20. The number of unbranched alkanes of at least 4 members (excludes halogenated alkanes) is 3. The predicted molar refractivity (Wildman–Crippen MR) is 97.7 cm³/mol. The van der Waals surface area contributed by atoms with Gasteiger partial charge in [-0.2, -0.15) is 5.48 Å². The minimum Gasteiger partial charge on any atom is -0.481 e. The Morgan fingerprint density at radius 2 is 1.48 bits per heavy atom. The van der Waals surface area contributed by atoms with Gasteiger partial charge >= 0.3 is 12.1 Å². The third kappa shape index (κ3) is 12.0. The number of rotatable bonds is 11. The van der Waals surface area contributed by atoms with E-state index in [4.69, 9.17) is 5.11 Å². The number of nitrogens with one attached hydrogen (secondary N) is 3. The lowest BCUT2D eigenvalue weighted by molar-refractivity contribution is -0.137. The van der Waals surface area contributed by atoms with Gasteiger partial charge in [0.1, 0.15) is 0 Å². The summed E-state index contributed by atoms with van der Waals surface area (Å²) in [6, 6.07) is 9.23. The highest BCUT2D eigenvalue weighted by Gasteiger charge is 2.07. The molecule has 0 fully saturated rings. The topological polar surface area (TPSA) is 134 Å². The molecule has 0 saturated heterocycles. The fraction of sp³-hybridized carbons (Fsp3) is 0.444. The third-order valence-corrected chi connectivity index (χ3v) is 3.48. The standard InChI is InChI=1S/C18H25N3O6/c22-15(20-14-8-4-3-5-9-14)10-6-1-2-7-11-16(23)21-27-18(26)19-13-12-17(24)25/h3-5,8-9H,1-2,6-7,10-13H2,(H,19,26)(H,20,22)(H,21,23)(H,24,25). The molecule has 1 rings (SSSR count). The van der Waals surface area contributed by atoms with E-state index >= 15 is 0 Å². The van der Waals surface area contributed by atoms with E-state index in [1.165, 1.54) is 0 Å². The minimum absolute atomic E-state index is 0.0405. The number of carboxylic acids is 1. The summed E-state index contributed by atoms with van der Waals surface area (Å²) in [6.45, 7) is -0.0815. The van der Waals surface area contributed by atoms with Crippen LogP contribution in [0.4, 0.5) is 10.5 Å².